The SMILES string of the molecule is CC(=O)OC1CS[C@@H]2C(N)C(=O)N2C1C(=O)OC(c1ccccc1)c1ccccc1. The fourth-order valence-corrected chi connectivity index (χ4v) is 5.16. The van der Waals surface area contributed by atoms with Crippen molar-refractivity contribution < 1.29 is 23.9 Å². The van der Waals surface area contributed by atoms with Crippen molar-refractivity contribution in [2.75, 3.05) is 5.75 Å². The minimum atomic E-state index is -1.03. The largest absolute Gasteiger partial charge is 0.459 e. The van der Waals surface area contributed by atoms with E-state index in [9.17, 15) is 14.4 Å². The molecule has 2 aromatic rings. The van der Waals surface area contributed by atoms with Crippen LogP contribution in [0.25, 0.3) is 0 Å². The number of nitrogens with zero attached hydrogens (tertiary/aromatic N) is 1. The van der Waals surface area contributed by atoms with Crippen LogP contribution in [0.1, 0.15) is 24.2 Å². The van der Waals surface area contributed by atoms with E-state index in [0.717, 1.165) is 11.1 Å². The molecule has 4 rings (SSSR count). The first-order chi connectivity index (χ1) is 14.5. The number of fused-ring (bicyclic) bond motifs is 1. The number of carbonyl (C=O) groups excluding carboxylic acids is 3. The summed E-state index contributed by atoms with van der Waals surface area (Å²) in [5, 5.41) is -0.325. The average Bonchev–Trinajstić information content (AvgIpc) is 2.77. The van der Waals surface area contributed by atoms with Gasteiger partial charge >= 0.3 is 11.9 Å². The number of esters is 2. The van der Waals surface area contributed by atoms with E-state index in [2.05, 4.69) is 0 Å². The van der Waals surface area contributed by atoms with Gasteiger partial charge in [0.15, 0.2) is 12.1 Å². The van der Waals surface area contributed by atoms with Crippen molar-refractivity contribution in [3.8, 4) is 0 Å². The first kappa shape index (κ1) is 20.4. The van der Waals surface area contributed by atoms with Crippen LogP contribution in [0.2, 0.25) is 0 Å². The summed E-state index contributed by atoms with van der Waals surface area (Å²) in [7, 11) is 0. The zero-order chi connectivity index (χ0) is 21.3. The second-order valence-corrected chi connectivity index (χ2v) is 8.38. The summed E-state index contributed by atoms with van der Waals surface area (Å²) in [5.74, 6) is -1.12. The van der Waals surface area contributed by atoms with Gasteiger partial charge in [-0.2, -0.15) is 0 Å². The second kappa shape index (κ2) is 8.49. The fourth-order valence-electron chi connectivity index (χ4n) is 3.80. The van der Waals surface area contributed by atoms with Crippen molar-refractivity contribution in [3.63, 3.8) is 0 Å². The molecule has 0 aliphatic carbocycles. The lowest BCUT2D eigenvalue weighted by Gasteiger charge is -2.52. The van der Waals surface area contributed by atoms with E-state index in [4.69, 9.17) is 15.2 Å². The molecule has 2 fully saturated rings. The van der Waals surface area contributed by atoms with E-state index in [1.165, 1.54) is 23.6 Å². The van der Waals surface area contributed by atoms with Crippen molar-refractivity contribution in [2.24, 2.45) is 5.73 Å². The molecule has 2 N–H and O–H groups in total. The van der Waals surface area contributed by atoms with Crippen molar-refractivity contribution in [1.82, 2.24) is 4.90 Å². The van der Waals surface area contributed by atoms with Crippen LogP contribution in [0.4, 0.5) is 0 Å². The summed E-state index contributed by atoms with van der Waals surface area (Å²) >= 11 is 1.40. The third kappa shape index (κ3) is 3.80. The van der Waals surface area contributed by atoms with Crippen molar-refractivity contribution >= 4 is 29.6 Å². The van der Waals surface area contributed by atoms with E-state index < -0.39 is 36.2 Å². The maximum absolute atomic E-state index is 13.3. The highest BCUT2D eigenvalue weighted by molar-refractivity contribution is 8.00. The first-order valence-electron chi connectivity index (χ1n) is 9.64. The summed E-state index contributed by atoms with van der Waals surface area (Å²) in [6.07, 6.45) is -1.45. The lowest BCUT2D eigenvalue weighted by atomic mass is 9.99. The lowest BCUT2D eigenvalue weighted by Crippen LogP contribution is -2.75. The Balaban J connectivity index is 1.64. The highest BCUT2D eigenvalue weighted by Crippen LogP contribution is 2.39. The Morgan fingerprint density at radius 3 is 2.17 bits per heavy atom. The normalized spacial score (nSPS) is 25.3. The smallest absolute Gasteiger partial charge is 0.333 e. The number of carbonyl (C=O) groups is 3. The maximum atomic E-state index is 13.3. The van der Waals surface area contributed by atoms with Gasteiger partial charge in [-0.15, -0.1) is 11.8 Å². The third-order valence-corrected chi connectivity index (χ3v) is 6.58. The third-order valence-electron chi connectivity index (χ3n) is 5.20. The van der Waals surface area contributed by atoms with Crippen LogP contribution in [-0.2, 0) is 23.9 Å². The summed E-state index contributed by atoms with van der Waals surface area (Å²) in [5.41, 5.74) is 7.50. The van der Waals surface area contributed by atoms with Gasteiger partial charge in [0, 0.05) is 12.7 Å². The van der Waals surface area contributed by atoms with Crippen LogP contribution < -0.4 is 5.73 Å². The van der Waals surface area contributed by atoms with E-state index in [1.54, 1.807) is 0 Å². The maximum Gasteiger partial charge on any atom is 0.333 e. The van der Waals surface area contributed by atoms with Gasteiger partial charge in [-0.3, -0.25) is 9.59 Å². The molecule has 2 aliphatic heterocycles. The molecule has 1 amide bonds. The Kier molecular flexibility index (Phi) is 5.78. The molecule has 30 heavy (non-hydrogen) atoms. The number of amides is 1. The highest BCUT2D eigenvalue weighted by atomic mass is 32.2. The van der Waals surface area contributed by atoms with Gasteiger partial charge in [0.1, 0.15) is 17.5 Å². The molecule has 0 aromatic heterocycles. The minimum absolute atomic E-state index is 0.325. The zero-order valence-electron chi connectivity index (χ0n) is 16.3. The Bertz CT molecular complexity index is 900. The van der Waals surface area contributed by atoms with Crippen LogP contribution in [0.3, 0.4) is 0 Å². The minimum Gasteiger partial charge on any atom is -0.459 e. The van der Waals surface area contributed by atoms with Gasteiger partial charge in [0.2, 0.25) is 5.91 Å². The number of thioether (sulfide) groups is 1. The molecule has 2 aliphatic rings. The number of benzene rings is 2. The Morgan fingerprint density at radius 2 is 1.63 bits per heavy atom. The molecule has 2 saturated heterocycles. The topological polar surface area (TPSA) is 98.9 Å². The molecular formula is C22H22N2O5S. The molecule has 0 bridgehead atoms. The van der Waals surface area contributed by atoms with Crippen LogP contribution in [-0.4, -0.2) is 52.1 Å². The Morgan fingerprint density at radius 1 is 1.07 bits per heavy atom. The number of rotatable bonds is 5. The number of β-lactam (4-membered cyclic amide) rings is 1. The first-order valence-corrected chi connectivity index (χ1v) is 10.7. The highest BCUT2D eigenvalue weighted by Gasteiger charge is 2.57. The van der Waals surface area contributed by atoms with Gasteiger partial charge in [-0.1, -0.05) is 60.7 Å². The predicted molar refractivity (Wildman–Crippen MR) is 111 cm³/mol. The summed E-state index contributed by atoms with van der Waals surface area (Å²) in [4.78, 5) is 38.7. The van der Waals surface area contributed by atoms with E-state index >= 15 is 0 Å². The molecule has 3 unspecified atom stereocenters. The number of nitrogens with two attached hydrogens (primary N) is 1. The van der Waals surface area contributed by atoms with Gasteiger partial charge in [-0.25, -0.2) is 4.79 Å². The van der Waals surface area contributed by atoms with E-state index in [1.807, 2.05) is 60.7 Å². The zero-order valence-corrected chi connectivity index (χ0v) is 17.2. The summed E-state index contributed by atoms with van der Waals surface area (Å²) in [6, 6.07) is 17.0. The van der Waals surface area contributed by atoms with Crippen LogP contribution in [0.5, 0.6) is 0 Å². The van der Waals surface area contributed by atoms with Gasteiger partial charge in [0.05, 0.1) is 0 Å². The quantitative estimate of drug-likeness (QED) is 0.575. The molecule has 7 nitrogen and oxygen atoms in total. The van der Waals surface area contributed by atoms with E-state index in [-0.39, 0.29) is 11.3 Å². The Hall–Kier alpha value is -2.84. The fraction of sp³-hybridized carbons (Fsp3) is 0.318. The molecule has 156 valence electrons. The second-order valence-electron chi connectivity index (χ2n) is 7.23. The van der Waals surface area contributed by atoms with Gasteiger partial charge < -0.3 is 20.1 Å². The van der Waals surface area contributed by atoms with Crippen molar-refractivity contribution in [2.45, 2.75) is 36.6 Å². The van der Waals surface area contributed by atoms with Crippen LogP contribution in [0.15, 0.2) is 60.7 Å². The molecule has 2 aromatic carbocycles. The van der Waals surface area contributed by atoms with Crippen molar-refractivity contribution in [1.29, 1.82) is 0 Å². The molecule has 4 atom stereocenters. The summed E-state index contributed by atoms with van der Waals surface area (Å²) in [6.45, 7) is 1.28. The molecule has 0 spiro atoms. The monoisotopic (exact) mass is 426 g/mol. The number of hydrogen-bond acceptors (Lipinski definition) is 7. The lowest BCUT2D eigenvalue weighted by molar-refractivity contribution is -0.177. The van der Waals surface area contributed by atoms with Crippen LogP contribution >= 0.6 is 11.8 Å². The Labute approximate surface area is 178 Å². The average molecular weight is 426 g/mol. The van der Waals surface area contributed by atoms with Crippen LogP contribution in [0, 0.1) is 0 Å². The molecule has 8 heteroatoms. The number of ether oxygens (including phenoxy) is 2. The summed E-state index contributed by atoms with van der Waals surface area (Å²) < 4.78 is 11.3. The van der Waals surface area contributed by atoms with Gasteiger partial charge in [0.25, 0.3) is 0 Å². The standard InChI is InChI=1S/C22H22N2O5S/c1-13(25)28-16-12-30-21-17(23)20(26)24(21)18(16)22(27)29-19(14-8-4-2-5-9-14)15-10-6-3-7-11-15/h2-11,16-19,21H,12,23H2,1H3/t16?,17?,18?,21-/m1/s1. The predicted octanol–water partition coefficient (Wildman–Crippen LogP) is 1.86. The molecule has 2 heterocycles. The van der Waals surface area contributed by atoms with E-state index in [0.29, 0.717) is 5.75 Å². The number of hydrogen-bond donors (Lipinski definition) is 1. The molecule has 0 saturated carbocycles. The van der Waals surface area contributed by atoms with Crippen molar-refractivity contribution in [3.05, 3.63) is 71.8 Å². The molecule has 0 radical (unpaired) electrons. The van der Waals surface area contributed by atoms with Gasteiger partial charge in [-0.05, 0) is 11.1 Å². The molecular weight excluding hydrogens is 404 g/mol.